The van der Waals surface area contributed by atoms with Crippen molar-refractivity contribution in [2.24, 2.45) is 0 Å². The third-order valence-electron chi connectivity index (χ3n) is 0.702. The fourth-order valence-corrected chi connectivity index (χ4v) is 0.725. The highest BCUT2D eigenvalue weighted by Crippen LogP contribution is 2.08. The molecule has 0 N–H and O–H groups in total. The molecule has 0 amide bonds. The van der Waals surface area contributed by atoms with Gasteiger partial charge in [0.05, 0.1) is 12.0 Å². The van der Waals surface area contributed by atoms with Gasteiger partial charge in [0.1, 0.15) is 0 Å². The van der Waals surface area contributed by atoms with Gasteiger partial charge in [-0.3, -0.25) is 8.98 Å². The molecule has 0 aromatic heterocycles. The highest BCUT2D eigenvalue weighted by molar-refractivity contribution is 8.09. The number of hydrogen-bond donors (Lipinski definition) is 0. The number of rotatable bonds is 4. The molecule has 4 heteroatoms. The summed E-state index contributed by atoms with van der Waals surface area (Å²) in [4.78, 5) is 10.3. The predicted molar refractivity (Wildman–Crippen MR) is 40.4 cm³/mol. The minimum atomic E-state index is -0.307. The van der Waals surface area contributed by atoms with Crippen LogP contribution < -0.4 is 0 Å². The van der Waals surface area contributed by atoms with Crippen LogP contribution in [0.3, 0.4) is 0 Å². The monoisotopic (exact) mass is 164 g/mol. The van der Waals surface area contributed by atoms with Gasteiger partial charge < -0.3 is 4.74 Å². The van der Waals surface area contributed by atoms with Crippen LogP contribution in [0.4, 0.5) is 0 Å². The number of hydrogen-bond acceptors (Lipinski definition) is 4. The number of carbonyl (C=O) groups excluding carboxylic acids is 1. The van der Waals surface area contributed by atoms with Gasteiger partial charge in [0.15, 0.2) is 6.29 Å². The lowest BCUT2D eigenvalue weighted by molar-refractivity contribution is -0.110. The molecule has 0 aliphatic heterocycles. The molecule has 1 unspecified atom stereocenters. The first-order valence-electron chi connectivity index (χ1n) is 3.12. The van der Waals surface area contributed by atoms with Crippen molar-refractivity contribution in [1.82, 2.24) is 0 Å². The van der Waals surface area contributed by atoms with E-state index in [0.29, 0.717) is 6.61 Å². The van der Waals surface area contributed by atoms with Gasteiger partial charge in [-0.25, -0.2) is 0 Å². The van der Waals surface area contributed by atoms with E-state index in [1.165, 1.54) is 6.92 Å². The molecule has 60 valence electrons. The van der Waals surface area contributed by atoms with E-state index in [-0.39, 0.29) is 11.4 Å². The Kier molecular flexibility index (Phi) is 5.67. The quantitative estimate of drug-likeness (QED) is 0.467. The summed E-state index contributed by atoms with van der Waals surface area (Å²) in [7, 11) is 0. The van der Waals surface area contributed by atoms with E-state index in [1.54, 1.807) is 6.92 Å². The summed E-state index contributed by atoms with van der Waals surface area (Å²) >= 11 is 0.815. The van der Waals surface area contributed by atoms with Gasteiger partial charge in [0.25, 0.3) is 0 Å². The van der Waals surface area contributed by atoms with Crippen LogP contribution in [0.15, 0.2) is 0 Å². The molecular weight excluding hydrogens is 152 g/mol. The second-order valence-corrected chi connectivity index (χ2v) is 2.63. The van der Waals surface area contributed by atoms with E-state index >= 15 is 0 Å². The molecule has 0 saturated heterocycles. The largest absolute Gasteiger partial charge is 0.352 e. The maximum absolute atomic E-state index is 10.3. The van der Waals surface area contributed by atoms with Gasteiger partial charge in [0, 0.05) is 13.5 Å². The maximum Gasteiger partial charge on any atom is 0.212 e. The molecule has 0 fully saturated rings. The summed E-state index contributed by atoms with van der Waals surface area (Å²) in [5, 5.41) is -0.0634. The van der Waals surface area contributed by atoms with Gasteiger partial charge in [-0.15, -0.1) is 0 Å². The standard InChI is InChI=1S/C6H12O3S/c1-4-8-6(3)9-10-5(2)7/h6H,4H2,1-3H3. The molecule has 0 rings (SSSR count). The Morgan fingerprint density at radius 3 is 2.70 bits per heavy atom. The maximum atomic E-state index is 10.3. The van der Waals surface area contributed by atoms with Crippen molar-refractivity contribution in [3.63, 3.8) is 0 Å². The second-order valence-electron chi connectivity index (χ2n) is 1.69. The molecule has 0 radical (unpaired) electrons. The number of ether oxygens (including phenoxy) is 1. The van der Waals surface area contributed by atoms with Crippen LogP contribution in [0, 0.1) is 0 Å². The summed E-state index contributed by atoms with van der Waals surface area (Å²) in [6.07, 6.45) is -0.307. The Balaban J connectivity index is 3.21. The van der Waals surface area contributed by atoms with Gasteiger partial charge in [0.2, 0.25) is 5.12 Å². The molecule has 0 aromatic carbocycles. The molecule has 10 heavy (non-hydrogen) atoms. The average Bonchev–Trinajstić information content (AvgIpc) is 1.85. The summed E-state index contributed by atoms with van der Waals surface area (Å²) in [6.45, 7) is 5.67. The Hall–Kier alpha value is -0.0600. The van der Waals surface area contributed by atoms with Gasteiger partial charge >= 0.3 is 0 Å². The molecule has 0 saturated carbocycles. The highest BCUT2D eigenvalue weighted by atomic mass is 32.2. The van der Waals surface area contributed by atoms with Crippen LogP contribution in [0.1, 0.15) is 20.8 Å². The van der Waals surface area contributed by atoms with Crippen LogP contribution in [-0.4, -0.2) is 18.0 Å². The summed E-state index contributed by atoms with van der Waals surface area (Å²) < 4.78 is 9.89. The molecule has 1 atom stereocenters. The fourth-order valence-electron chi connectivity index (χ4n) is 0.398. The van der Waals surface area contributed by atoms with E-state index in [2.05, 4.69) is 0 Å². The van der Waals surface area contributed by atoms with Crippen LogP contribution in [0.25, 0.3) is 0 Å². The molecular formula is C6H12O3S. The first-order chi connectivity index (χ1) is 4.66. The van der Waals surface area contributed by atoms with Gasteiger partial charge in [-0.1, -0.05) is 0 Å². The van der Waals surface area contributed by atoms with Crippen LogP contribution >= 0.6 is 12.0 Å². The second kappa shape index (κ2) is 5.70. The molecule has 0 aliphatic rings. The van der Waals surface area contributed by atoms with Crippen molar-refractivity contribution in [3.8, 4) is 0 Å². The minimum Gasteiger partial charge on any atom is -0.352 e. The molecule has 0 aromatic rings. The minimum absolute atomic E-state index is 0.0634. The van der Waals surface area contributed by atoms with Crippen molar-refractivity contribution >= 4 is 17.2 Å². The zero-order chi connectivity index (χ0) is 7.98. The third-order valence-corrected chi connectivity index (χ3v) is 1.30. The predicted octanol–water partition coefficient (Wildman–Crippen LogP) is 1.58. The SMILES string of the molecule is CCOC(C)OSC(C)=O. The highest BCUT2D eigenvalue weighted by Gasteiger charge is 2.02. The van der Waals surface area contributed by atoms with Crippen molar-refractivity contribution < 1.29 is 13.7 Å². The average molecular weight is 164 g/mol. The zero-order valence-corrected chi connectivity index (χ0v) is 7.23. The molecule has 0 bridgehead atoms. The third kappa shape index (κ3) is 6.07. The van der Waals surface area contributed by atoms with Gasteiger partial charge in [-0.2, -0.15) is 0 Å². The van der Waals surface area contributed by atoms with Crippen molar-refractivity contribution in [2.45, 2.75) is 27.1 Å². The van der Waals surface area contributed by atoms with Crippen molar-refractivity contribution in [2.75, 3.05) is 6.61 Å². The topological polar surface area (TPSA) is 35.5 Å². The first kappa shape index (κ1) is 9.94. The Bertz CT molecular complexity index is 105. The Morgan fingerprint density at radius 1 is 1.70 bits per heavy atom. The van der Waals surface area contributed by atoms with E-state index in [4.69, 9.17) is 8.92 Å². The Morgan fingerprint density at radius 2 is 2.30 bits per heavy atom. The van der Waals surface area contributed by atoms with Crippen molar-refractivity contribution in [1.29, 1.82) is 0 Å². The lowest BCUT2D eigenvalue weighted by Gasteiger charge is -2.08. The lowest BCUT2D eigenvalue weighted by Crippen LogP contribution is -2.09. The lowest BCUT2D eigenvalue weighted by atomic mass is 10.7. The van der Waals surface area contributed by atoms with Crippen LogP contribution in [0.5, 0.6) is 0 Å². The van der Waals surface area contributed by atoms with E-state index in [0.717, 1.165) is 12.0 Å². The van der Waals surface area contributed by atoms with E-state index in [9.17, 15) is 4.79 Å². The van der Waals surface area contributed by atoms with Crippen LogP contribution in [-0.2, 0) is 13.7 Å². The van der Waals surface area contributed by atoms with Crippen LogP contribution in [0.2, 0.25) is 0 Å². The number of carbonyl (C=O) groups is 1. The molecule has 0 heterocycles. The molecule has 0 aliphatic carbocycles. The summed E-state index contributed by atoms with van der Waals surface area (Å²) in [5.41, 5.74) is 0. The first-order valence-corrected chi connectivity index (χ1v) is 3.86. The normalized spacial score (nSPS) is 13.1. The molecule has 3 nitrogen and oxygen atoms in total. The summed E-state index contributed by atoms with van der Waals surface area (Å²) in [6, 6.07) is 0. The van der Waals surface area contributed by atoms with Crippen molar-refractivity contribution in [3.05, 3.63) is 0 Å². The van der Waals surface area contributed by atoms with Gasteiger partial charge in [-0.05, 0) is 13.8 Å². The van der Waals surface area contributed by atoms with E-state index < -0.39 is 0 Å². The zero-order valence-electron chi connectivity index (χ0n) is 6.42. The Labute approximate surface area is 65.3 Å². The smallest absolute Gasteiger partial charge is 0.212 e. The summed E-state index contributed by atoms with van der Waals surface area (Å²) in [5.74, 6) is 0. The fraction of sp³-hybridized carbons (Fsp3) is 0.833. The van der Waals surface area contributed by atoms with E-state index in [1.807, 2.05) is 6.92 Å². The molecule has 0 spiro atoms.